The highest BCUT2D eigenvalue weighted by atomic mass is 79.9. The van der Waals surface area contributed by atoms with E-state index in [2.05, 4.69) is 75.5 Å². The van der Waals surface area contributed by atoms with Crippen molar-refractivity contribution in [2.24, 2.45) is 0 Å². The standard InChI is InChI=1S/C22H35BrFNOSi/c1-9-14-22(19-16(23)11-10-12-17(19)24)15-13-18(25-22)21(5,6)26-27(7,8)20(2,3)4/h9-12,18,25H,1,13-15H2,2-8H3/t18-,22+/m1/s1. The summed E-state index contributed by atoms with van der Waals surface area (Å²) in [6.07, 6.45) is 4.36. The lowest BCUT2D eigenvalue weighted by Crippen LogP contribution is -2.56. The average molecular weight is 457 g/mol. The van der Waals surface area contributed by atoms with Gasteiger partial charge in [0.1, 0.15) is 5.82 Å². The third-order valence-electron chi connectivity index (χ3n) is 6.41. The molecule has 1 heterocycles. The van der Waals surface area contributed by atoms with Gasteiger partial charge < -0.3 is 9.74 Å². The van der Waals surface area contributed by atoms with Crippen LogP contribution in [0.1, 0.15) is 59.4 Å². The first-order chi connectivity index (χ1) is 12.3. The first-order valence-corrected chi connectivity index (χ1v) is 13.5. The van der Waals surface area contributed by atoms with Crippen LogP contribution in [0.3, 0.4) is 0 Å². The maximum Gasteiger partial charge on any atom is 0.192 e. The van der Waals surface area contributed by atoms with Crippen molar-refractivity contribution in [3.63, 3.8) is 0 Å². The Balaban J connectivity index is 2.35. The molecule has 2 nitrogen and oxygen atoms in total. The van der Waals surface area contributed by atoms with E-state index >= 15 is 0 Å². The summed E-state index contributed by atoms with van der Waals surface area (Å²) in [7, 11) is -1.92. The van der Waals surface area contributed by atoms with Crippen molar-refractivity contribution in [3.05, 3.63) is 46.7 Å². The van der Waals surface area contributed by atoms with Crippen molar-refractivity contribution in [2.75, 3.05) is 0 Å². The van der Waals surface area contributed by atoms with Crippen molar-refractivity contribution in [1.29, 1.82) is 0 Å². The van der Waals surface area contributed by atoms with Crippen molar-refractivity contribution in [3.8, 4) is 0 Å². The molecule has 0 amide bonds. The number of nitrogens with one attached hydrogen (secondary N) is 1. The van der Waals surface area contributed by atoms with E-state index in [1.54, 1.807) is 6.07 Å². The van der Waals surface area contributed by atoms with Gasteiger partial charge in [-0.3, -0.25) is 0 Å². The summed E-state index contributed by atoms with van der Waals surface area (Å²) in [6, 6.07) is 5.34. The number of benzene rings is 1. The highest BCUT2D eigenvalue weighted by molar-refractivity contribution is 9.10. The predicted octanol–water partition coefficient (Wildman–Crippen LogP) is 6.91. The van der Waals surface area contributed by atoms with E-state index in [9.17, 15) is 4.39 Å². The molecule has 0 radical (unpaired) electrons. The molecule has 1 aromatic rings. The number of hydrogen-bond acceptors (Lipinski definition) is 2. The molecule has 1 N–H and O–H groups in total. The van der Waals surface area contributed by atoms with Gasteiger partial charge in [-0.15, -0.1) is 6.58 Å². The molecule has 2 rings (SSSR count). The largest absolute Gasteiger partial charge is 0.410 e. The number of rotatable bonds is 6. The average Bonchev–Trinajstić information content (AvgIpc) is 2.91. The minimum atomic E-state index is -1.92. The van der Waals surface area contributed by atoms with Crippen molar-refractivity contribution in [1.82, 2.24) is 5.32 Å². The van der Waals surface area contributed by atoms with Gasteiger partial charge in [0.05, 0.1) is 11.1 Å². The molecule has 1 fully saturated rings. The molecule has 0 spiro atoms. The van der Waals surface area contributed by atoms with Crippen LogP contribution in [0.2, 0.25) is 18.1 Å². The van der Waals surface area contributed by atoms with E-state index in [1.807, 2.05) is 12.1 Å². The molecule has 0 saturated carbocycles. The molecular weight excluding hydrogens is 421 g/mol. The van der Waals surface area contributed by atoms with Crippen LogP contribution in [0.25, 0.3) is 0 Å². The highest BCUT2D eigenvalue weighted by Crippen LogP contribution is 2.46. The number of halogens is 2. The van der Waals surface area contributed by atoms with E-state index in [0.717, 1.165) is 17.3 Å². The molecule has 0 bridgehead atoms. The molecule has 2 atom stereocenters. The SMILES string of the molecule is C=CC[C@@]1(c2c(F)cccc2Br)CC[C@H](C(C)(C)O[Si](C)(C)C(C)(C)C)N1. The first kappa shape index (κ1) is 22.8. The molecular formula is C22H35BrFNOSi. The predicted molar refractivity (Wildman–Crippen MR) is 119 cm³/mol. The minimum absolute atomic E-state index is 0.148. The summed E-state index contributed by atoms with van der Waals surface area (Å²) in [6.45, 7) is 19.6. The molecule has 0 aromatic heterocycles. The van der Waals surface area contributed by atoms with Gasteiger partial charge in [-0.05, 0) is 63.4 Å². The molecule has 1 aromatic carbocycles. The zero-order valence-corrected chi connectivity index (χ0v) is 20.5. The Morgan fingerprint density at radius 1 is 1.33 bits per heavy atom. The zero-order valence-electron chi connectivity index (χ0n) is 17.9. The molecule has 152 valence electrons. The van der Waals surface area contributed by atoms with Gasteiger partial charge in [0.15, 0.2) is 8.32 Å². The summed E-state index contributed by atoms with van der Waals surface area (Å²) in [5, 5.41) is 3.92. The molecule has 0 unspecified atom stereocenters. The van der Waals surface area contributed by atoms with Gasteiger partial charge in [-0.1, -0.05) is 48.8 Å². The zero-order chi connectivity index (χ0) is 20.7. The normalized spacial score (nSPS) is 24.3. The fraction of sp³-hybridized carbons (Fsp3) is 0.636. The lowest BCUT2D eigenvalue weighted by atomic mass is 9.85. The Morgan fingerprint density at radius 2 is 1.96 bits per heavy atom. The van der Waals surface area contributed by atoms with Crippen LogP contribution < -0.4 is 5.32 Å². The lowest BCUT2D eigenvalue weighted by Gasteiger charge is -2.46. The van der Waals surface area contributed by atoms with Gasteiger partial charge in [-0.2, -0.15) is 0 Å². The molecule has 27 heavy (non-hydrogen) atoms. The van der Waals surface area contributed by atoms with E-state index in [-0.39, 0.29) is 22.5 Å². The Morgan fingerprint density at radius 3 is 2.48 bits per heavy atom. The third-order valence-corrected chi connectivity index (χ3v) is 11.7. The van der Waals surface area contributed by atoms with Crippen LogP contribution in [0, 0.1) is 5.82 Å². The lowest BCUT2D eigenvalue weighted by molar-refractivity contribution is 0.0509. The van der Waals surface area contributed by atoms with Crippen LogP contribution in [-0.4, -0.2) is 20.0 Å². The maximum atomic E-state index is 14.8. The minimum Gasteiger partial charge on any atom is -0.410 e. The summed E-state index contributed by atoms with van der Waals surface area (Å²) >= 11 is 3.57. The van der Waals surface area contributed by atoms with Crippen molar-refractivity contribution < 1.29 is 8.82 Å². The molecule has 1 saturated heterocycles. The van der Waals surface area contributed by atoms with Gasteiger partial charge in [0, 0.05) is 16.1 Å². The smallest absolute Gasteiger partial charge is 0.192 e. The van der Waals surface area contributed by atoms with Crippen LogP contribution in [-0.2, 0) is 9.96 Å². The van der Waals surface area contributed by atoms with Crippen LogP contribution >= 0.6 is 15.9 Å². The Hall–Kier alpha value is -0.493. The van der Waals surface area contributed by atoms with E-state index in [0.29, 0.717) is 12.0 Å². The van der Waals surface area contributed by atoms with Gasteiger partial charge in [-0.25, -0.2) is 4.39 Å². The van der Waals surface area contributed by atoms with Gasteiger partial charge in [0.2, 0.25) is 0 Å². The quantitative estimate of drug-likeness (QED) is 0.371. The summed E-state index contributed by atoms with van der Waals surface area (Å²) < 4.78 is 22.4. The molecule has 0 aliphatic carbocycles. The summed E-state index contributed by atoms with van der Waals surface area (Å²) in [5.41, 5.74) is -0.0792. The van der Waals surface area contributed by atoms with Crippen LogP contribution in [0.15, 0.2) is 35.3 Å². The molecule has 1 aliphatic heterocycles. The fourth-order valence-corrected chi connectivity index (χ4v) is 6.42. The summed E-state index contributed by atoms with van der Waals surface area (Å²) in [5.74, 6) is -0.178. The van der Waals surface area contributed by atoms with E-state index in [1.165, 1.54) is 6.07 Å². The van der Waals surface area contributed by atoms with Crippen LogP contribution in [0.5, 0.6) is 0 Å². The monoisotopic (exact) mass is 455 g/mol. The fourth-order valence-electron chi connectivity index (χ4n) is 3.93. The second-order valence-corrected chi connectivity index (χ2v) is 15.5. The third kappa shape index (κ3) is 4.57. The Labute approximate surface area is 174 Å². The maximum absolute atomic E-state index is 14.8. The van der Waals surface area contributed by atoms with Crippen molar-refractivity contribution in [2.45, 2.75) is 89.2 Å². The van der Waals surface area contributed by atoms with Gasteiger partial charge in [0.25, 0.3) is 0 Å². The first-order valence-electron chi connectivity index (χ1n) is 9.79. The van der Waals surface area contributed by atoms with Crippen molar-refractivity contribution >= 4 is 24.2 Å². The summed E-state index contributed by atoms with van der Waals surface area (Å²) in [4.78, 5) is 0. The van der Waals surface area contributed by atoms with E-state index < -0.39 is 13.9 Å². The Kier molecular flexibility index (Phi) is 6.53. The second kappa shape index (κ2) is 7.73. The van der Waals surface area contributed by atoms with Gasteiger partial charge >= 0.3 is 0 Å². The second-order valence-electron chi connectivity index (χ2n) is 9.87. The van der Waals surface area contributed by atoms with Crippen LogP contribution in [0.4, 0.5) is 4.39 Å². The Bertz CT molecular complexity index is 678. The molecule has 5 heteroatoms. The highest BCUT2D eigenvalue weighted by Gasteiger charge is 2.50. The number of hydrogen-bond donors (Lipinski definition) is 1. The topological polar surface area (TPSA) is 21.3 Å². The van der Waals surface area contributed by atoms with E-state index in [4.69, 9.17) is 4.43 Å². The molecule has 1 aliphatic rings.